The van der Waals surface area contributed by atoms with Gasteiger partial charge in [-0.05, 0) is 33.2 Å². The van der Waals surface area contributed by atoms with Crippen LogP contribution in [0, 0.1) is 0 Å². The minimum atomic E-state index is 0.110. The zero-order valence-corrected chi connectivity index (χ0v) is 9.16. The molecule has 0 aliphatic rings. The first-order valence-electron chi connectivity index (χ1n) is 5.22. The van der Waals surface area contributed by atoms with Gasteiger partial charge < -0.3 is 10.8 Å². The van der Waals surface area contributed by atoms with E-state index in [0.717, 1.165) is 19.5 Å². The minimum Gasteiger partial charge on any atom is -0.396 e. The molecule has 0 aliphatic carbocycles. The van der Waals surface area contributed by atoms with Crippen LogP contribution >= 0.6 is 0 Å². The molecule has 0 fully saturated rings. The van der Waals surface area contributed by atoms with Crippen LogP contribution in [-0.2, 0) is 0 Å². The van der Waals surface area contributed by atoms with Crippen molar-refractivity contribution in [1.82, 2.24) is 4.90 Å². The summed E-state index contributed by atoms with van der Waals surface area (Å²) >= 11 is 0. The Balaban J connectivity index is 3.79. The number of nitrogens with two attached hydrogens (primary N) is 1. The molecule has 0 aromatic rings. The Labute approximate surface area is 81.9 Å². The van der Waals surface area contributed by atoms with Crippen LogP contribution in [0.15, 0.2) is 0 Å². The summed E-state index contributed by atoms with van der Waals surface area (Å²) in [5.74, 6) is 0. The fourth-order valence-electron chi connectivity index (χ4n) is 1.41. The fourth-order valence-corrected chi connectivity index (χ4v) is 1.41. The second-order valence-electron chi connectivity index (χ2n) is 3.86. The van der Waals surface area contributed by atoms with Crippen LogP contribution < -0.4 is 5.73 Å². The first kappa shape index (κ1) is 12.9. The van der Waals surface area contributed by atoms with Gasteiger partial charge in [0.05, 0.1) is 0 Å². The van der Waals surface area contributed by atoms with E-state index in [0.29, 0.717) is 12.5 Å². The van der Waals surface area contributed by atoms with Crippen molar-refractivity contribution in [2.45, 2.75) is 45.7 Å². The van der Waals surface area contributed by atoms with Crippen LogP contribution in [0.4, 0.5) is 0 Å². The maximum atomic E-state index is 8.72. The average molecular weight is 188 g/mol. The molecule has 0 saturated carbocycles. The van der Waals surface area contributed by atoms with E-state index in [9.17, 15) is 0 Å². The van der Waals surface area contributed by atoms with Gasteiger partial charge in [-0.25, -0.2) is 0 Å². The van der Waals surface area contributed by atoms with Gasteiger partial charge >= 0.3 is 0 Å². The highest BCUT2D eigenvalue weighted by Crippen LogP contribution is 2.01. The molecular formula is C10H24N2O. The Morgan fingerprint density at radius 2 is 2.00 bits per heavy atom. The van der Waals surface area contributed by atoms with Gasteiger partial charge in [0.15, 0.2) is 0 Å². The third-order valence-corrected chi connectivity index (χ3v) is 2.21. The Morgan fingerprint density at radius 3 is 2.38 bits per heavy atom. The fraction of sp³-hybridized carbons (Fsp3) is 1.00. The zero-order chi connectivity index (χ0) is 10.3. The zero-order valence-electron chi connectivity index (χ0n) is 9.16. The molecule has 0 spiro atoms. The summed E-state index contributed by atoms with van der Waals surface area (Å²) in [6.07, 6.45) is 1.86. The normalized spacial score (nSPS) is 14.1. The number of hydrogen-bond acceptors (Lipinski definition) is 3. The van der Waals surface area contributed by atoms with Gasteiger partial charge in [-0.3, -0.25) is 4.90 Å². The molecule has 3 heteroatoms. The van der Waals surface area contributed by atoms with Gasteiger partial charge in [0, 0.05) is 25.2 Å². The van der Waals surface area contributed by atoms with Crippen LogP contribution in [-0.4, -0.2) is 41.8 Å². The van der Waals surface area contributed by atoms with Gasteiger partial charge in [0.25, 0.3) is 0 Å². The van der Waals surface area contributed by atoms with E-state index < -0.39 is 0 Å². The van der Waals surface area contributed by atoms with E-state index in [1.54, 1.807) is 0 Å². The molecule has 1 atom stereocenters. The van der Waals surface area contributed by atoms with Crippen LogP contribution in [0.2, 0.25) is 0 Å². The maximum absolute atomic E-state index is 8.72. The van der Waals surface area contributed by atoms with Crippen LogP contribution in [0.25, 0.3) is 0 Å². The first-order chi connectivity index (χ1) is 6.11. The van der Waals surface area contributed by atoms with Crippen LogP contribution in [0.3, 0.4) is 0 Å². The number of rotatable bonds is 7. The molecule has 0 rings (SSSR count). The van der Waals surface area contributed by atoms with Gasteiger partial charge in [0.1, 0.15) is 0 Å². The summed E-state index contributed by atoms with van der Waals surface area (Å²) in [5.41, 5.74) is 5.85. The smallest absolute Gasteiger partial charge is 0.0446 e. The van der Waals surface area contributed by atoms with E-state index >= 15 is 0 Å². The van der Waals surface area contributed by atoms with Crippen LogP contribution in [0.1, 0.15) is 33.6 Å². The Kier molecular flexibility index (Phi) is 7.23. The molecule has 0 heterocycles. The molecule has 0 bridgehead atoms. The number of nitrogens with zero attached hydrogens (tertiary/aromatic N) is 1. The van der Waals surface area contributed by atoms with Crippen molar-refractivity contribution in [2.75, 3.05) is 19.7 Å². The Morgan fingerprint density at radius 1 is 1.38 bits per heavy atom. The lowest BCUT2D eigenvalue weighted by molar-refractivity contribution is 0.191. The van der Waals surface area contributed by atoms with E-state index in [4.69, 9.17) is 10.8 Å². The van der Waals surface area contributed by atoms with Gasteiger partial charge in [-0.1, -0.05) is 6.92 Å². The topological polar surface area (TPSA) is 49.5 Å². The molecule has 80 valence electrons. The minimum absolute atomic E-state index is 0.110. The summed E-state index contributed by atoms with van der Waals surface area (Å²) in [7, 11) is 0. The summed E-state index contributed by atoms with van der Waals surface area (Å²) in [5, 5.41) is 8.72. The highest BCUT2D eigenvalue weighted by molar-refractivity contribution is 4.70. The highest BCUT2D eigenvalue weighted by atomic mass is 16.3. The number of hydrogen-bond donors (Lipinski definition) is 2. The van der Waals surface area contributed by atoms with Crippen molar-refractivity contribution in [3.05, 3.63) is 0 Å². The monoisotopic (exact) mass is 188 g/mol. The third kappa shape index (κ3) is 6.02. The Bertz CT molecular complexity index is 117. The second-order valence-corrected chi connectivity index (χ2v) is 3.86. The molecule has 13 heavy (non-hydrogen) atoms. The van der Waals surface area contributed by atoms with E-state index in [2.05, 4.69) is 25.7 Å². The molecule has 0 aromatic heterocycles. The second kappa shape index (κ2) is 7.30. The average Bonchev–Trinajstić information content (AvgIpc) is 2.04. The van der Waals surface area contributed by atoms with Crippen molar-refractivity contribution < 1.29 is 5.11 Å². The predicted octanol–water partition coefficient (Wildman–Crippen LogP) is 0.817. The van der Waals surface area contributed by atoms with Gasteiger partial charge in [-0.2, -0.15) is 0 Å². The molecule has 3 nitrogen and oxygen atoms in total. The molecule has 1 unspecified atom stereocenters. The SMILES string of the molecule is CCCN(CC(N)CCO)C(C)C. The summed E-state index contributed by atoms with van der Waals surface area (Å²) < 4.78 is 0. The summed E-state index contributed by atoms with van der Waals surface area (Å²) in [6, 6.07) is 0.656. The molecule has 0 amide bonds. The molecule has 0 aromatic carbocycles. The largest absolute Gasteiger partial charge is 0.396 e. The van der Waals surface area contributed by atoms with Crippen LogP contribution in [0.5, 0.6) is 0 Å². The Hall–Kier alpha value is -0.120. The van der Waals surface area contributed by atoms with Crippen molar-refractivity contribution in [3.63, 3.8) is 0 Å². The van der Waals surface area contributed by atoms with E-state index in [-0.39, 0.29) is 12.6 Å². The standard InChI is InChI=1S/C10H24N2O/c1-4-6-12(9(2)3)8-10(11)5-7-13/h9-10,13H,4-8,11H2,1-3H3. The number of aliphatic hydroxyl groups excluding tert-OH is 1. The molecule has 0 saturated heterocycles. The third-order valence-electron chi connectivity index (χ3n) is 2.21. The lowest BCUT2D eigenvalue weighted by atomic mass is 10.2. The molecular weight excluding hydrogens is 164 g/mol. The molecule has 0 aliphatic heterocycles. The maximum Gasteiger partial charge on any atom is 0.0446 e. The van der Waals surface area contributed by atoms with Crippen molar-refractivity contribution in [2.24, 2.45) is 5.73 Å². The van der Waals surface area contributed by atoms with Crippen molar-refractivity contribution in [1.29, 1.82) is 0 Å². The van der Waals surface area contributed by atoms with Crippen molar-refractivity contribution in [3.8, 4) is 0 Å². The molecule has 0 radical (unpaired) electrons. The highest BCUT2D eigenvalue weighted by Gasteiger charge is 2.11. The lowest BCUT2D eigenvalue weighted by Gasteiger charge is -2.28. The van der Waals surface area contributed by atoms with Gasteiger partial charge in [0.2, 0.25) is 0 Å². The quantitative estimate of drug-likeness (QED) is 0.622. The van der Waals surface area contributed by atoms with E-state index in [1.807, 2.05) is 0 Å². The summed E-state index contributed by atoms with van der Waals surface area (Å²) in [6.45, 7) is 8.72. The molecule has 3 N–H and O–H groups in total. The first-order valence-corrected chi connectivity index (χ1v) is 5.22. The van der Waals surface area contributed by atoms with Crippen molar-refractivity contribution >= 4 is 0 Å². The lowest BCUT2D eigenvalue weighted by Crippen LogP contribution is -2.42. The predicted molar refractivity (Wildman–Crippen MR) is 56.7 cm³/mol. The number of aliphatic hydroxyl groups is 1. The van der Waals surface area contributed by atoms with E-state index in [1.165, 1.54) is 0 Å². The summed E-state index contributed by atoms with van der Waals surface area (Å²) in [4.78, 5) is 2.36. The van der Waals surface area contributed by atoms with Gasteiger partial charge in [-0.15, -0.1) is 0 Å².